The van der Waals surface area contributed by atoms with Crippen LogP contribution in [0, 0.1) is 6.92 Å². The van der Waals surface area contributed by atoms with Gasteiger partial charge in [-0.15, -0.1) is 0 Å². The van der Waals surface area contributed by atoms with Crippen molar-refractivity contribution in [1.82, 2.24) is 0 Å². The molecule has 1 N–H and O–H groups in total. The molecule has 1 heterocycles. The van der Waals surface area contributed by atoms with E-state index in [9.17, 15) is 14.7 Å². The van der Waals surface area contributed by atoms with E-state index >= 15 is 0 Å². The van der Waals surface area contributed by atoms with Crippen LogP contribution in [-0.2, 0) is 9.59 Å². The SMILES string of the molecule is COc1ccc(C2/C(=C(\O)c3ccc(OC(C)C)cc3)C(=O)C(=O)N2c2cccc(C)c2)cc1. The Morgan fingerprint density at radius 1 is 0.941 bits per heavy atom. The summed E-state index contributed by atoms with van der Waals surface area (Å²) in [5.41, 5.74) is 2.69. The molecule has 34 heavy (non-hydrogen) atoms. The van der Waals surface area contributed by atoms with E-state index in [1.807, 2.05) is 39.0 Å². The third kappa shape index (κ3) is 4.39. The number of carbonyl (C=O) groups excluding carboxylic acids is 2. The normalized spacial score (nSPS) is 17.3. The number of nitrogens with zero attached hydrogens (tertiary/aromatic N) is 1. The van der Waals surface area contributed by atoms with Crippen LogP contribution in [-0.4, -0.2) is 30.0 Å². The average Bonchev–Trinajstić information content (AvgIpc) is 3.09. The number of Topliss-reactive ketones (excluding diaryl/α,β-unsaturated/α-hetero) is 1. The van der Waals surface area contributed by atoms with E-state index in [1.165, 1.54) is 4.90 Å². The molecule has 1 aliphatic heterocycles. The van der Waals surface area contributed by atoms with Crippen molar-refractivity contribution in [3.05, 3.63) is 95.1 Å². The van der Waals surface area contributed by atoms with Gasteiger partial charge in [0.25, 0.3) is 11.7 Å². The fourth-order valence-corrected chi connectivity index (χ4v) is 4.10. The molecule has 1 fully saturated rings. The predicted octanol–water partition coefficient (Wildman–Crippen LogP) is 5.42. The van der Waals surface area contributed by atoms with Gasteiger partial charge in [0.15, 0.2) is 0 Å². The number of methoxy groups -OCH3 is 1. The van der Waals surface area contributed by atoms with Gasteiger partial charge >= 0.3 is 0 Å². The standard InChI is InChI=1S/C28H27NO5/c1-17(2)34-23-14-10-20(11-15-23)26(30)24-25(19-8-12-22(33-4)13-9-19)29(28(32)27(24)31)21-7-5-6-18(3)16-21/h5-17,25,30H,1-4H3/b26-24+. The molecular formula is C28H27NO5. The van der Waals surface area contributed by atoms with Gasteiger partial charge in [-0.3, -0.25) is 14.5 Å². The summed E-state index contributed by atoms with van der Waals surface area (Å²) >= 11 is 0. The molecular weight excluding hydrogens is 430 g/mol. The van der Waals surface area contributed by atoms with Gasteiger partial charge in [-0.25, -0.2) is 0 Å². The summed E-state index contributed by atoms with van der Waals surface area (Å²) in [5.74, 6) is -0.351. The lowest BCUT2D eigenvalue weighted by Gasteiger charge is -2.26. The highest BCUT2D eigenvalue weighted by molar-refractivity contribution is 6.51. The third-order valence-corrected chi connectivity index (χ3v) is 5.66. The molecule has 3 aromatic carbocycles. The van der Waals surface area contributed by atoms with Crippen LogP contribution in [0.2, 0.25) is 0 Å². The Morgan fingerprint density at radius 3 is 2.18 bits per heavy atom. The quantitative estimate of drug-likeness (QED) is 0.304. The lowest BCUT2D eigenvalue weighted by atomic mass is 9.95. The lowest BCUT2D eigenvalue weighted by Crippen LogP contribution is -2.29. The molecule has 4 rings (SSSR count). The van der Waals surface area contributed by atoms with Crippen molar-refractivity contribution >= 4 is 23.1 Å². The average molecular weight is 458 g/mol. The maximum absolute atomic E-state index is 13.2. The lowest BCUT2D eigenvalue weighted by molar-refractivity contribution is -0.132. The van der Waals surface area contributed by atoms with Crippen molar-refractivity contribution in [2.75, 3.05) is 12.0 Å². The number of ketones is 1. The fraction of sp³-hybridized carbons (Fsp3) is 0.214. The summed E-state index contributed by atoms with van der Waals surface area (Å²) in [6.45, 7) is 5.77. The second-order valence-electron chi connectivity index (χ2n) is 8.47. The van der Waals surface area contributed by atoms with E-state index in [1.54, 1.807) is 61.7 Å². The number of amides is 1. The second kappa shape index (κ2) is 9.43. The number of hydrogen-bond donors (Lipinski definition) is 1. The minimum absolute atomic E-state index is 0.00849. The molecule has 3 aromatic rings. The second-order valence-corrected chi connectivity index (χ2v) is 8.47. The molecule has 6 nitrogen and oxygen atoms in total. The van der Waals surface area contributed by atoms with Gasteiger partial charge in [-0.1, -0.05) is 24.3 Å². The van der Waals surface area contributed by atoms with E-state index in [-0.39, 0.29) is 17.4 Å². The number of aliphatic hydroxyl groups is 1. The van der Waals surface area contributed by atoms with Crippen molar-refractivity contribution in [2.24, 2.45) is 0 Å². The maximum atomic E-state index is 13.2. The summed E-state index contributed by atoms with van der Waals surface area (Å²) in [7, 11) is 1.57. The Labute approximate surface area is 199 Å². The molecule has 0 radical (unpaired) electrons. The van der Waals surface area contributed by atoms with E-state index in [4.69, 9.17) is 9.47 Å². The molecule has 0 saturated carbocycles. The molecule has 0 aromatic heterocycles. The van der Waals surface area contributed by atoms with Crippen molar-refractivity contribution < 1.29 is 24.2 Å². The van der Waals surface area contributed by atoms with Crippen LogP contribution in [0.4, 0.5) is 5.69 Å². The van der Waals surface area contributed by atoms with Crippen molar-refractivity contribution in [3.63, 3.8) is 0 Å². The zero-order chi connectivity index (χ0) is 24.4. The van der Waals surface area contributed by atoms with Gasteiger partial charge in [0, 0.05) is 11.3 Å². The predicted molar refractivity (Wildman–Crippen MR) is 131 cm³/mol. The van der Waals surface area contributed by atoms with Gasteiger partial charge in [0.1, 0.15) is 17.3 Å². The maximum Gasteiger partial charge on any atom is 0.300 e. The first kappa shape index (κ1) is 23.1. The third-order valence-electron chi connectivity index (χ3n) is 5.66. The van der Waals surface area contributed by atoms with Gasteiger partial charge in [0.05, 0.1) is 24.8 Å². The fourth-order valence-electron chi connectivity index (χ4n) is 4.10. The molecule has 0 aliphatic carbocycles. The monoisotopic (exact) mass is 457 g/mol. The number of anilines is 1. The van der Waals surface area contributed by atoms with E-state index in [2.05, 4.69) is 0 Å². The largest absolute Gasteiger partial charge is 0.507 e. The van der Waals surface area contributed by atoms with Gasteiger partial charge in [-0.05, 0) is 80.4 Å². The van der Waals surface area contributed by atoms with Crippen molar-refractivity contribution in [2.45, 2.75) is 32.9 Å². The first-order chi connectivity index (χ1) is 16.3. The molecule has 1 saturated heterocycles. The van der Waals surface area contributed by atoms with Crippen LogP contribution in [0.15, 0.2) is 78.4 Å². The smallest absolute Gasteiger partial charge is 0.300 e. The summed E-state index contributed by atoms with van der Waals surface area (Å²) < 4.78 is 10.9. The van der Waals surface area contributed by atoms with E-state index in [0.29, 0.717) is 28.3 Å². The summed E-state index contributed by atoms with van der Waals surface area (Å²) in [6.07, 6.45) is 0.00849. The van der Waals surface area contributed by atoms with Gasteiger partial charge in [0.2, 0.25) is 0 Å². The Morgan fingerprint density at radius 2 is 1.59 bits per heavy atom. The number of carbonyl (C=O) groups is 2. The number of rotatable bonds is 6. The highest BCUT2D eigenvalue weighted by atomic mass is 16.5. The topological polar surface area (TPSA) is 76.1 Å². The molecule has 0 spiro atoms. The molecule has 0 bridgehead atoms. The van der Waals surface area contributed by atoms with Crippen LogP contribution in [0.5, 0.6) is 11.5 Å². The molecule has 1 atom stereocenters. The molecule has 1 amide bonds. The summed E-state index contributed by atoms with van der Waals surface area (Å²) in [5, 5.41) is 11.2. The zero-order valence-electron chi connectivity index (χ0n) is 19.6. The molecule has 6 heteroatoms. The Kier molecular flexibility index (Phi) is 6.41. The summed E-state index contributed by atoms with van der Waals surface area (Å²) in [4.78, 5) is 27.9. The minimum atomic E-state index is -0.792. The Hall–Kier alpha value is -4.06. The van der Waals surface area contributed by atoms with Crippen molar-refractivity contribution in [1.29, 1.82) is 0 Å². The highest BCUT2D eigenvalue weighted by Gasteiger charge is 2.47. The van der Waals surface area contributed by atoms with Crippen LogP contribution in [0.3, 0.4) is 0 Å². The number of aliphatic hydroxyl groups excluding tert-OH is 1. The van der Waals surface area contributed by atoms with Gasteiger partial charge in [-0.2, -0.15) is 0 Å². The number of aryl methyl sites for hydroxylation is 1. The van der Waals surface area contributed by atoms with Crippen LogP contribution < -0.4 is 14.4 Å². The minimum Gasteiger partial charge on any atom is -0.507 e. The molecule has 1 unspecified atom stereocenters. The first-order valence-corrected chi connectivity index (χ1v) is 11.1. The first-order valence-electron chi connectivity index (χ1n) is 11.1. The van der Waals surface area contributed by atoms with Crippen LogP contribution >= 0.6 is 0 Å². The number of ether oxygens (including phenoxy) is 2. The molecule has 174 valence electrons. The number of hydrogen-bond acceptors (Lipinski definition) is 5. The van der Waals surface area contributed by atoms with Crippen LogP contribution in [0.1, 0.15) is 36.6 Å². The Balaban J connectivity index is 1.86. The Bertz CT molecular complexity index is 1240. The highest BCUT2D eigenvalue weighted by Crippen LogP contribution is 2.42. The zero-order valence-corrected chi connectivity index (χ0v) is 19.6. The van der Waals surface area contributed by atoms with E-state index < -0.39 is 17.7 Å². The van der Waals surface area contributed by atoms with Crippen molar-refractivity contribution in [3.8, 4) is 11.5 Å². The number of benzene rings is 3. The van der Waals surface area contributed by atoms with Gasteiger partial charge < -0.3 is 14.6 Å². The summed E-state index contributed by atoms with van der Waals surface area (Å²) in [6, 6.07) is 20.5. The van der Waals surface area contributed by atoms with Crippen LogP contribution in [0.25, 0.3) is 5.76 Å². The van der Waals surface area contributed by atoms with E-state index in [0.717, 1.165) is 5.56 Å². The molecule has 1 aliphatic rings.